The second-order valence-electron chi connectivity index (χ2n) is 3.08. The molecule has 0 bridgehead atoms. The zero-order chi connectivity index (χ0) is 11.3. The van der Waals surface area contributed by atoms with E-state index in [0.29, 0.717) is 18.4 Å². The van der Waals surface area contributed by atoms with Gasteiger partial charge in [0, 0.05) is 9.99 Å². The van der Waals surface area contributed by atoms with Crippen LogP contribution in [0.5, 0.6) is 5.75 Å². The van der Waals surface area contributed by atoms with E-state index in [0.717, 1.165) is 14.9 Å². The quantitative estimate of drug-likeness (QED) is 0.577. The molecule has 0 saturated carbocycles. The number of alkyl halides is 1. The van der Waals surface area contributed by atoms with E-state index < -0.39 is 0 Å². The van der Waals surface area contributed by atoms with Gasteiger partial charge in [0.1, 0.15) is 11.5 Å². The van der Waals surface area contributed by atoms with Gasteiger partial charge in [-0.2, -0.15) is 0 Å². The largest absolute Gasteiger partial charge is 0.494 e. The van der Waals surface area contributed by atoms with E-state index in [1.165, 1.54) is 0 Å². The number of benzene rings is 1. The third-order valence-corrected chi connectivity index (χ3v) is 3.04. The molecule has 0 atom stereocenters. The first kappa shape index (κ1) is 13.0. The van der Waals surface area contributed by atoms with Crippen molar-refractivity contribution in [1.29, 1.82) is 0 Å². The lowest BCUT2D eigenvalue weighted by molar-refractivity contribution is -0.115. The van der Waals surface area contributed by atoms with E-state index in [1.54, 1.807) is 0 Å². The van der Waals surface area contributed by atoms with Crippen LogP contribution in [0.3, 0.4) is 0 Å². The third-order valence-electron chi connectivity index (χ3n) is 1.79. The van der Waals surface area contributed by atoms with Crippen LogP contribution in [0.15, 0.2) is 18.2 Å². The molecule has 0 radical (unpaired) electrons. The van der Waals surface area contributed by atoms with E-state index in [2.05, 4.69) is 38.5 Å². The van der Waals surface area contributed by atoms with E-state index in [9.17, 15) is 4.79 Å². The Morgan fingerprint density at radius 3 is 2.80 bits per heavy atom. The predicted molar refractivity (Wildman–Crippen MR) is 72.8 cm³/mol. The van der Waals surface area contributed by atoms with Crippen LogP contribution in [0.4, 0.5) is 0 Å². The van der Waals surface area contributed by atoms with Crippen LogP contribution in [0.25, 0.3) is 0 Å². The van der Waals surface area contributed by atoms with Gasteiger partial charge in [-0.1, -0.05) is 15.9 Å². The fraction of sp³-hybridized carbons (Fsp3) is 0.364. The van der Waals surface area contributed by atoms with Crippen LogP contribution in [0.2, 0.25) is 0 Å². The van der Waals surface area contributed by atoms with Crippen molar-refractivity contribution in [3.05, 3.63) is 27.3 Å². The van der Waals surface area contributed by atoms with E-state index >= 15 is 0 Å². The maximum atomic E-state index is 11.3. The van der Waals surface area contributed by atoms with Gasteiger partial charge in [-0.15, -0.1) is 0 Å². The van der Waals surface area contributed by atoms with Crippen LogP contribution in [-0.4, -0.2) is 17.7 Å². The lowest BCUT2D eigenvalue weighted by Gasteiger charge is -2.06. The highest BCUT2D eigenvalue weighted by molar-refractivity contribution is 14.1. The predicted octanol–water partition coefficient (Wildman–Crippen LogP) is 3.20. The molecule has 1 aromatic rings. The summed E-state index contributed by atoms with van der Waals surface area (Å²) in [6, 6.07) is 5.89. The molecule has 15 heavy (non-hydrogen) atoms. The highest BCUT2D eigenvalue weighted by Crippen LogP contribution is 2.19. The van der Waals surface area contributed by atoms with Gasteiger partial charge in [0.2, 0.25) is 0 Å². The summed E-state index contributed by atoms with van der Waals surface area (Å²) >= 11 is 5.38. The fourth-order valence-electron chi connectivity index (χ4n) is 1.25. The number of halogens is 2. The Kier molecular flexibility index (Phi) is 5.60. The van der Waals surface area contributed by atoms with Crippen LogP contribution < -0.4 is 4.74 Å². The maximum Gasteiger partial charge on any atom is 0.147 e. The van der Waals surface area contributed by atoms with Crippen molar-refractivity contribution in [1.82, 2.24) is 0 Å². The average Bonchev–Trinajstić information content (AvgIpc) is 2.17. The van der Waals surface area contributed by atoms with Crippen molar-refractivity contribution < 1.29 is 9.53 Å². The molecule has 1 rings (SSSR count). The third kappa shape index (κ3) is 4.51. The molecule has 0 aromatic heterocycles. The minimum absolute atomic E-state index is 0.180. The number of ketones is 1. The fourth-order valence-corrected chi connectivity index (χ4v) is 2.15. The molecule has 0 fully saturated rings. The minimum atomic E-state index is 0.180. The van der Waals surface area contributed by atoms with Crippen molar-refractivity contribution in [2.45, 2.75) is 13.3 Å². The molecule has 0 aliphatic heterocycles. The van der Waals surface area contributed by atoms with Crippen molar-refractivity contribution in [3.8, 4) is 5.75 Å². The molecule has 0 amide bonds. The Balaban J connectivity index is 2.83. The lowest BCUT2D eigenvalue weighted by atomic mass is 10.1. The SMILES string of the molecule is CCOc1cc(I)cc(CC(=O)CBr)c1. The molecule has 2 nitrogen and oxygen atoms in total. The summed E-state index contributed by atoms with van der Waals surface area (Å²) in [7, 11) is 0. The molecule has 0 aliphatic carbocycles. The molecule has 0 saturated heterocycles. The molecule has 0 spiro atoms. The first-order valence-electron chi connectivity index (χ1n) is 4.65. The van der Waals surface area contributed by atoms with Crippen LogP contribution in [0, 0.1) is 3.57 Å². The smallest absolute Gasteiger partial charge is 0.147 e. The van der Waals surface area contributed by atoms with E-state index in [1.807, 2.05) is 25.1 Å². The molecule has 82 valence electrons. The molecule has 4 heteroatoms. The number of ether oxygens (including phenoxy) is 1. The van der Waals surface area contributed by atoms with Gasteiger partial charge < -0.3 is 4.74 Å². The monoisotopic (exact) mass is 382 g/mol. The van der Waals surface area contributed by atoms with E-state index in [-0.39, 0.29) is 5.78 Å². The van der Waals surface area contributed by atoms with E-state index in [4.69, 9.17) is 4.74 Å². The molecular formula is C11H12BrIO2. The maximum absolute atomic E-state index is 11.3. The van der Waals surface area contributed by atoms with Crippen molar-refractivity contribution >= 4 is 44.3 Å². The zero-order valence-corrected chi connectivity index (χ0v) is 12.2. The summed E-state index contributed by atoms with van der Waals surface area (Å²) < 4.78 is 6.51. The van der Waals surface area contributed by atoms with Gasteiger partial charge in [0.05, 0.1) is 11.9 Å². The number of carbonyl (C=O) groups excluding carboxylic acids is 1. The molecule has 1 aromatic carbocycles. The molecule has 0 unspecified atom stereocenters. The molecule has 0 heterocycles. The second-order valence-corrected chi connectivity index (χ2v) is 4.88. The van der Waals surface area contributed by atoms with Crippen molar-refractivity contribution in [2.75, 3.05) is 11.9 Å². The average molecular weight is 383 g/mol. The van der Waals surface area contributed by atoms with Crippen LogP contribution >= 0.6 is 38.5 Å². The van der Waals surface area contributed by atoms with Gasteiger partial charge in [-0.05, 0) is 53.3 Å². The van der Waals surface area contributed by atoms with Gasteiger partial charge in [-0.3, -0.25) is 4.79 Å². The first-order valence-corrected chi connectivity index (χ1v) is 6.85. The molecule has 0 N–H and O–H groups in total. The van der Waals surface area contributed by atoms with Gasteiger partial charge >= 0.3 is 0 Å². The number of Topliss-reactive ketones (excluding diaryl/α,β-unsaturated/α-hetero) is 1. The standard InChI is InChI=1S/C11H12BrIO2/c1-2-15-11-5-8(3-9(13)6-11)4-10(14)7-12/h3,5-6H,2,4,7H2,1H3. The first-order chi connectivity index (χ1) is 7.15. The number of carbonyl (C=O) groups is 1. The van der Waals surface area contributed by atoms with Crippen LogP contribution in [0.1, 0.15) is 12.5 Å². The lowest BCUT2D eigenvalue weighted by Crippen LogP contribution is -2.04. The Morgan fingerprint density at radius 2 is 2.20 bits per heavy atom. The Hall–Kier alpha value is -0.100. The number of rotatable bonds is 5. The minimum Gasteiger partial charge on any atom is -0.494 e. The summed E-state index contributed by atoms with van der Waals surface area (Å²) in [6.07, 6.45) is 0.460. The Labute approximate surface area is 112 Å². The van der Waals surface area contributed by atoms with Crippen molar-refractivity contribution in [2.24, 2.45) is 0 Å². The number of hydrogen-bond donors (Lipinski definition) is 0. The molecular weight excluding hydrogens is 371 g/mol. The number of hydrogen-bond acceptors (Lipinski definition) is 2. The summed E-state index contributed by atoms with van der Waals surface area (Å²) in [5, 5.41) is 0.405. The van der Waals surface area contributed by atoms with Crippen molar-refractivity contribution in [3.63, 3.8) is 0 Å². The Bertz CT molecular complexity index is 352. The Morgan fingerprint density at radius 1 is 1.47 bits per heavy atom. The zero-order valence-electron chi connectivity index (χ0n) is 8.43. The second kappa shape index (κ2) is 6.48. The summed E-state index contributed by atoms with van der Waals surface area (Å²) in [5.41, 5.74) is 1.01. The summed E-state index contributed by atoms with van der Waals surface area (Å²) in [4.78, 5) is 11.3. The summed E-state index contributed by atoms with van der Waals surface area (Å²) in [6.45, 7) is 2.59. The van der Waals surface area contributed by atoms with Gasteiger partial charge in [-0.25, -0.2) is 0 Å². The highest BCUT2D eigenvalue weighted by Gasteiger charge is 2.05. The van der Waals surface area contributed by atoms with Gasteiger partial charge in [0.25, 0.3) is 0 Å². The summed E-state index contributed by atoms with van der Waals surface area (Å²) in [5.74, 6) is 1.02. The molecule has 0 aliphatic rings. The normalized spacial score (nSPS) is 10.1. The highest BCUT2D eigenvalue weighted by atomic mass is 127. The van der Waals surface area contributed by atoms with Crippen LogP contribution in [-0.2, 0) is 11.2 Å². The van der Waals surface area contributed by atoms with Gasteiger partial charge in [0.15, 0.2) is 0 Å². The topological polar surface area (TPSA) is 26.3 Å².